The number of hydrogen-bond acceptors (Lipinski definition) is 2. The van der Waals surface area contributed by atoms with Crippen LogP contribution in [0.15, 0.2) is 0 Å². The molecule has 2 nitrogen and oxygen atoms in total. The van der Waals surface area contributed by atoms with Gasteiger partial charge in [0.15, 0.2) is 0 Å². The van der Waals surface area contributed by atoms with Crippen molar-refractivity contribution in [2.75, 3.05) is 13.1 Å². The lowest BCUT2D eigenvalue weighted by Crippen LogP contribution is -2.47. The number of hydrogen-bond donors (Lipinski definition) is 2. The van der Waals surface area contributed by atoms with Crippen LogP contribution in [0.3, 0.4) is 0 Å². The van der Waals surface area contributed by atoms with Crippen LogP contribution in [0.5, 0.6) is 0 Å². The summed E-state index contributed by atoms with van der Waals surface area (Å²) in [4.78, 5) is 0. The van der Waals surface area contributed by atoms with Gasteiger partial charge in [-0.25, -0.2) is 0 Å². The fraction of sp³-hybridized carbons (Fsp3) is 1.00. The summed E-state index contributed by atoms with van der Waals surface area (Å²) in [6.45, 7) is 4.72. The Bertz CT molecular complexity index is 160. The third-order valence-corrected chi connectivity index (χ3v) is 3.58. The van der Waals surface area contributed by atoms with Crippen LogP contribution in [-0.2, 0) is 0 Å². The van der Waals surface area contributed by atoms with Gasteiger partial charge in [-0.3, -0.25) is 0 Å². The van der Waals surface area contributed by atoms with Crippen molar-refractivity contribution in [3.63, 3.8) is 0 Å². The summed E-state index contributed by atoms with van der Waals surface area (Å²) in [5.41, 5.74) is 0. The van der Waals surface area contributed by atoms with E-state index < -0.39 is 0 Å². The molecule has 0 aromatic rings. The maximum absolute atomic E-state index is 3.81. The van der Waals surface area contributed by atoms with Crippen molar-refractivity contribution < 1.29 is 0 Å². The Morgan fingerprint density at radius 2 is 2.21 bits per heavy atom. The van der Waals surface area contributed by atoms with Gasteiger partial charge in [0.1, 0.15) is 0 Å². The Morgan fingerprint density at radius 1 is 1.36 bits per heavy atom. The largest absolute Gasteiger partial charge is 0.315 e. The molecule has 2 atom stereocenters. The van der Waals surface area contributed by atoms with Crippen molar-refractivity contribution >= 4 is 0 Å². The monoisotopic (exact) mass is 196 g/mol. The van der Waals surface area contributed by atoms with E-state index in [4.69, 9.17) is 0 Å². The zero-order valence-corrected chi connectivity index (χ0v) is 9.39. The molecule has 0 amide bonds. The lowest BCUT2D eigenvalue weighted by Gasteiger charge is -2.28. The summed E-state index contributed by atoms with van der Waals surface area (Å²) in [5, 5.41) is 7.29. The van der Waals surface area contributed by atoms with E-state index in [-0.39, 0.29) is 0 Å². The molecule has 82 valence electrons. The molecule has 1 saturated heterocycles. The third-order valence-electron chi connectivity index (χ3n) is 3.58. The third kappa shape index (κ3) is 3.25. The summed E-state index contributed by atoms with van der Waals surface area (Å²) >= 11 is 0. The van der Waals surface area contributed by atoms with Gasteiger partial charge in [0.25, 0.3) is 0 Å². The van der Waals surface area contributed by atoms with Crippen molar-refractivity contribution in [1.29, 1.82) is 0 Å². The quantitative estimate of drug-likeness (QED) is 0.702. The van der Waals surface area contributed by atoms with Gasteiger partial charge in [-0.15, -0.1) is 0 Å². The smallest absolute Gasteiger partial charge is 0.0195 e. The molecule has 2 aliphatic rings. The molecule has 1 heterocycles. The first kappa shape index (κ1) is 10.4. The van der Waals surface area contributed by atoms with Gasteiger partial charge in [0.05, 0.1) is 0 Å². The molecule has 2 rings (SSSR count). The highest BCUT2D eigenvalue weighted by atomic mass is 15.0. The molecular formula is C12H24N2. The van der Waals surface area contributed by atoms with E-state index in [1.165, 1.54) is 51.6 Å². The van der Waals surface area contributed by atoms with Crippen molar-refractivity contribution in [2.24, 2.45) is 5.92 Å². The Kier molecular flexibility index (Phi) is 3.82. The number of rotatable bonds is 5. The minimum Gasteiger partial charge on any atom is -0.315 e. The number of piperidine rings is 1. The van der Waals surface area contributed by atoms with E-state index in [1.807, 2.05) is 0 Å². The van der Waals surface area contributed by atoms with Crippen LogP contribution >= 0.6 is 0 Å². The van der Waals surface area contributed by atoms with Gasteiger partial charge < -0.3 is 10.6 Å². The van der Waals surface area contributed by atoms with Gasteiger partial charge in [-0.05, 0) is 38.1 Å². The maximum Gasteiger partial charge on any atom is 0.0195 e. The van der Waals surface area contributed by atoms with Crippen molar-refractivity contribution in [3.05, 3.63) is 0 Å². The minimum absolute atomic E-state index is 0.743. The first-order valence-electron chi connectivity index (χ1n) is 6.35. The van der Waals surface area contributed by atoms with Crippen molar-refractivity contribution in [1.82, 2.24) is 10.6 Å². The van der Waals surface area contributed by atoms with Crippen LogP contribution in [0, 0.1) is 5.92 Å². The van der Waals surface area contributed by atoms with E-state index >= 15 is 0 Å². The predicted octanol–water partition coefficient (Wildman–Crippen LogP) is 1.91. The highest BCUT2D eigenvalue weighted by molar-refractivity contribution is 4.83. The molecule has 2 fully saturated rings. The van der Waals surface area contributed by atoms with E-state index in [1.54, 1.807) is 0 Å². The molecule has 0 spiro atoms. The molecule has 2 heteroatoms. The second-order valence-corrected chi connectivity index (χ2v) is 4.99. The SMILES string of the molecule is CCC(CC1CC1)NC1CCCNC1. The molecular weight excluding hydrogens is 172 g/mol. The lowest BCUT2D eigenvalue weighted by atomic mass is 10.0. The normalized spacial score (nSPS) is 30.2. The summed E-state index contributed by atoms with van der Waals surface area (Å²) < 4.78 is 0. The zero-order valence-electron chi connectivity index (χ0n) is 9.39. The van der Waals surface area contributed by atoms with Crippen LogP contribution in [0.2, 0.25) is 0 Å². The molecule has 14 heavy (non-hydrogen) atoms. The van der Waals surface area contributed by atoms with E-state index in [9.17, 15) is 0 Å². The average molecular weight is 196 g/mol. The van der Waals surface area contributed by atoms with E-state index in [0.29, 0.717) is 0 Å². The molecule has 0 radical (unpaired) electrons. The van der Waals surface area contributed by atoms with Crippen LogP contribution in [0.25, 0.3) is 0 Å². The second-order valence-electron chi connectivity index (χ2n) is 4.99. The van der Waals surface area contributed by atoms with Crippen LogP contribution in [-0.4, -0.2) is 25.2 Å². The predicted molar refractivity (Wildman–Crippen MR) is 60.4 cm³/mol. The standard InChI is InChI=1S/C12H24N2/c1-2-11(8-10-5-6-10)14-12-4-3-7-13-9-12/h10-14H,2-9H2,1H3. The molecule has 2 unspecified atom stereocenters. The summed E-state index contributed by atoms with van der Waals surface area (Å²) in [6, 6.07) is 1.53. The first-order chi connectivity index (χ1) is 6.88. The molecule has 1 aliphatic heterocycles. The lowest BCUT2D eigenvalue weighted by molar-refractivity contribution is 0.328. The molecule has 1 saturated carbocycles. The van der Waals surface area contributed by atoms with E-state index in [2.05, 4.69) is 17.6 Å². The maximum atomic E-state index is 3.81. The summed E-state index contributed by atoms with van der Waals surface area (Å²) in [7, 11) is 0. The Labute approximate surface area is 87.8 Å². The van der Waals surface area contributed by atoms with E-state index in [0.717, 1.165) is 18.0 Å². The van der Waals surface area contributed by atoms with Crippen LogP contribution < -0.4 is 10.6 Å². The van der Waals surface area contributed by atoms with Crippen molar-refractivity contribution in [3.8, 4) is 0 Å². The van der Waals surface area contributed by atoms with Crippen LogP contribution in [0.1, 0.15) is 45.4 Å². The van der Waals surface area contributed by atoms with Gasteiger partial charge in [-0.2, -0.15) is 0 Å². The molecule has 0 aromatic heterocycles. The van der Waals surface area contributed by atoms with Crippen LogP contribution in [0.4, 0.5) is 0 Å². The fourth-order valence-corrected chi connectivity index (χ4v) is 2.44. The van der Waals surface area contributed by atoms with Gasteiger partial charge in [-0.1, -0.05) is 19.8 Å². The fourth-order valence-electron chi connectivity index (χ4n) is 2.44. The second kappa shape index (κ2) is 5.13. The molecule has 0 bridgehead atoms. The first-order valence-corrected chi connectivity index (χ1v) is 6.35. The Balaban J connectivity index is 1.68. The zero-order chi connectivity index (χ0) is 9.80. The van der Waals surface area contributed by atoms with Gasteiger partial charge in [0, 0.05) is 18.6 Å². The highest BCUT2D eigenvalue weighted by Crippen LogP contribution is 2.34. The molecule has 0 aromatic carbocycles. The van der Waals surface area contributed by atoms with Crippen molar-refractivity contribution in [2.45, 2.75) is 57.5 Å². The highest BCUT2D eigenvalue weighted by Gasteiger charge is 2.26. The number of nitrogens with one attached hydrogen (secondary N) is 2. The summed E-state index contributed by atoms with van der Waals surface area (Å²) in [6.07, 6.45) is 8.41. The molecule has 2 N–H and O–H groups in total. The minimum atomic E-state index is 0.743. The molecule has 1 aliphatic carbocycles. The Morgan fingerprint density at radius 3 is 2.79 bits per heavy atom. The summed E-state index contributed by atoms with van der Waals surface area (Å²) in [5.74, 6) is 1.06. The average Bonchev–Trinajstić information content (AvgIpc) is 3.02. The van der Waals surface area contributed by atoms with Gasteiger partial charge in [0.2, 0.25) is 0 Å². The van der Waals surface area contributed by atoms with Gasteiger partial charge >= 0.3 is 0 Å². The topological polar surface area (TPSA) is 24.1 Å². The Hall–Kier alpha value is -0.0800.